The van der Waals surface area contributed by atoms with Crippen LogP contribution in [0.1, 0.15) is 12.0 Å². The number of nitrogens with two attached hydrogens (primary N) is 1. The maximum Gasteiger partial charge on any atom is 0.146 e. The summed E-state index contributed by atoms with van der Waals surface area (Å²) >= 11 is 5.29. The van der Waals surface area contributed by atoms with Crippen LogP contribution < -0.4 is 5.73 Å². The molecule has 14 heavy (non-hydrogen) atoms. The van der Waals surface area contributed by atoms with E-state index in [-0.39, 0.29) is 5.56 Å². The Balaban J connectivity index is 2.97. The van der Waals surface area contributed by atoms with Crippen LogP contribution in [0, 0.1) is 23.5 Å². The highest BCUT2D eigenvalue weighted by Gasteiger charge is 2.06. The Morgan fingerprint density at radius 2 is 1.86 bits per heavy atom. The van der Waals surface area contributed by atoms with Gasteiger partial charge in [-0.3, -0.25) is 0 Å². The van der Waals surface area contributed by atoms with Gasteiger partial charge in [-0.1, -0.05) is 23.4 Å². The van der Waals surface area contributed by atoms with Crippen molar-refractivity contribution in [3.8, 4) is 11.8 Å². The number of hydrogen-bond acceptors (Lipinski definition) is 1. The molecule has 0 aliphatic heterocycles. The Morgan fingerprint density at radius 1 is 1.29 bits per heavy atom. The first-order valence-corrected chi connectivity index (χ1v) is 4.36. The van der Waals surface area contributed by atoms with Crippen molar-refractivity contribution in [3.05, 3.63) is 34.4 Å². The fraction of sp³-hybridized carbons (Fsp3) is 0.200. The summed E-state index contributed by atoms with van der Waals surface area (Å²) in [6.07, 6.45) is 0.492. The van der Waals surface area contributed by atoms with Crippen LogP contribution in [-0.4, -0.2) is 6.54 Å². The maximum absolute atomic E-state index is 12.9. The molecule has 4 heteroatoms. The fourth-order valence-electron chi connectivity index (χ4n) is 0.864. The van der Waals surface area contributed by atoms with Crippen LogP contribution in [0.25, 0.3) is 0 Å². The van der Waals surface area contributed by atoms with Crippen molar-refractivity contribution < 1.29 is 8.78 Å². The van der Waals surface area contributed by atoms with Gasteiger partial charge in [0.25, 0.3) is 0 Å². The summed E-state index contributed by atoms with van der Waals surface area (Å²) in [5.41, 5.74) is 5.47. The van der Waals surface area contributed by atoms with Gasteiger partial charge in [-0.15, -0.1) is 0 Å². The minimum Gasteiger partial charge on any atom is -0.330 e. The molecule has 0 aromatic heterocycles. The topological polar surface area (TPSA) is 26.0 Å². The lowest BCUT2D eigenvalue weighted by molar-refractivity contribution is 0.583. The Kier molecular flexibility index (Phi) is 3.87. The van der Waals surface area contributed by atoms with E-state index in [1.807, 2.05) is 0 Å². The molecule has 0 amide bonds. The first kappa shape index (κ1) is 11.0. The normalized spacial score (nSPS) is 9.43. The lowest BCUT2D eigenvalue weighted by Gasteiger charge is -1.96. The van der Waals surface area contributed by atoms with Crippen LogP contribution in [0.2, 0.25) is 5.02 Å². The van der Waals surface area contributed by atoms with Crippen molar-refractivity contribution in [2.24, 2.45) is 5.73 Å². The third-order valence-electron chi connectivity index (χ3n) is 1.49. The van der Waals surface area contributed by atoms with Gasteiger partial charge in [0.2, 0.25) is 0 Å². The van der Waals surface area contributed by atoms with Gasteiger partial charge >= 0.3 is 0 Å². The van der Waals surface area contributed by atoms with Gasteiger partial charge in [0.05, 0.1) is 0 Å². The molecule has 1 aromatic rings. The van der Waals surface area contributed by atoms with Crippen molar-refractivity contribution in [1.82, 2.24) is 0 Å². The van der Waals surface area contributed by atoms with Gasteiger partial charge in [-0.2, -0.15) is 0 Å². The van der Waals surface area contributed by atoms with Crippen molar-refractivity contribution in [2.45, 2.75) is 6.42 Å². The van der Waals surface area contributed by atoms with Crippen LogP contribution in [0.5, 0.6) is 0 Å². The summed E-state index contributed by atoms with van der Waals surface area (Å²) in [5, 5.41) is -0.505. The van der Waals surface area contributed by atoms with E-state index in [1.165, 1.54) is 0 Å². The Hall–Kier alpha value is -1.11. The van der Waals surface area contributed by atoms with Gasteiger partial charge in [0.15, 0.2) is 0 Å². The van der Waals surface area contributed by atoms with Crippen LogP contribution in [0.15, 0.2) is 12.1 Å². The molecule has 1 rings (SSSR count). The minimum atomic E-state index is -0.802. The molecule has 74 valence electrons. The molecule has 2 N–H and O–H groups in total. The van der Waals surface area contributed by atoms with Crippen molar-refractivity contribution in [1.29, 1.82) is 0 Å². The quantitative estimate of drug-likeness (QED) is 0.565. The zero-order valence-corrected chi connectivity index (χ0v) is 8.04. The van der Waals surface area contributed by atoms with E-state index in [4.69, 9.17) is 17.3 Å². The summed E-state index contributed by atoms with van der Waals surface area (Å²) in [5.74, 6) is 3.66. The highest BCUT2D eigenvalue weighted by Crippen LogP contribution is 2.19. The average Bonchev–Trinajstić information content (AvgIpc) is 2.14. The molecule has 0 bridgehead atoms. The standard InChI is InChI=1S/C10H8ClF2N/c11-10-8(12)5-7(6-9(10)13)3-1-2-4-14/h5-6H,2,4,14H2. The van der Waals surface area contributed by atoms with Crippen LogP contribution >= 0.6 is 11.6 Å². The highest BCUT2D eigenvalue weighted by molar-refractivity contribution is 6.30. The van der Waals surface area contributed by atoms with Gasteiger partial charge in [0.1, 0.15) is 16.7 Å². The van der Waals surface area contributed by atoms with Crippen LogP contribution in [0.4, 0.5) is 8.78 Å². The van der Waals surface area contributed by atoms with Crippen LogP contribution in [-0.2, 0) is 0 Å². The molecule has 0 spiro atoms. The molecular formula is C10H8ClF2N. The summed E-state index contributed by atoms with van der Waals surface area (Å²) in [4.78, 5) is 0. The zero-order valence-electron chi connectivity index (χ0n) is 7.28. The van der Waals surface area contributed by atoms with E-state index in [0.29, 0.717) is 13.0 Å². The number of halogens is 3. The van der Waals surface area contributed by atoms with Crippen molar-refractivity contribution >= 4 is 11.6 Å². The van der Waals surface area contributed by atoms with E-state index >= 15 is 0 Å². The summed E-state index contributed by atoms with van der Waals surface area (Å²) in [6, 6.07) is 2.18. The summed E-state index contributed by atoms with van der Waals surface area (Å²) < 4.78 is 25.8. The van der Waals surface area contributed by atoms with Gasteiger partial charge in [0, 0.05) is 18.5 Å². The lowest BCUT2D eigenvalue weighted by Crippen LogP contribution is -1.95. The summed E-state index contributed by atoms with van der Waals surface area (Å²) in [6.45, 7) is 0.422. The third kappa shape index (κ3) is 2.69. The molecule has 0 aliphatic carbocycles. The minimum absolute atomic E-state index is 0.262. The first-order valence-electron chi connectivity index (χ1n) is 3.98. The van der Waals surface area contributed by atoms with Gasteiger partial charge in [-0.25, -0.2) is 8.78 Å². The molecule has 0 aliphatic rings. The Morgan fingerprint density at radius 3 is 2.36 bits per heavy atom. The lowest BCUT2D eigenvalue weighted by atomic mass is 10.2. The van der Waals surface area contributed by atoms with Crippen molar-refractivity contribution in [3.63, 3.8) is 0 Å². The Bertz CT molecular complexity index is 370. The average molecular weight is 216 g/mol. The largest absolute Gasteiger partial charge is 0.330 e. The molecular weight excluding hydrogens is 208 g/mol. The SMILES string of the molecule is NCCC#Cc1cc(F)c(Cl)c(F)c1. The van der Waals surface area contributed by atoms with Crippen LogP contribution in [0.3, 0.4) is 0 Å². The van der Waals surface area contributed by atoms with E-state index in [9.17, 15) is 8.78 Å². The molecule has 1 nitrogen and oxygen atoms in total. The second-order valence-corrected chi connectivity index (χ2v) is 2.97. The predicted molar refractivity (Wildman–Crippen MR) is 51.9 cm³/mol. The zero-order chi connectivity index (χ0) is 10.6. The second-order valence-electron chi connectivity index (χ2n) is 2.59. The molecule has 0 fully saturated rings. The molecule has 0 radical (unpaired) electrons. The maximum atomic E-state index is 12.9. The third-order valence-corrected chi connectivity index (χ3v) is 1.85. The monoisotopic (exact) mass is 215 g/mol. The fourth-order valence-corrected chi connectivity index (χ4v) is 0.974. The molecule has 0 saturated carbocycles. The molecule has 0 unspecified atom stereocenters. The predicted octanol–water partition coefficient (Wildman–Crippen LogP) is 2.32. The molecule has 0 atom stereocenters. The van der Waals surface area contributed by atoms with E-state index in [1.54, 1.807) is 0 Å². The van der Waals surface area contributed by atoms with E-state index < -0.39 is 16.7 Å². The van der Waals surface area contributed by atoms with Crippen molar-refractivity contribution in [2.75, 3.05) is 6.54 Å². The number of hydrogen-bond donors (Lipinski definition) is 1. The van der Waals surface area contributed by atoms with E-state index in [2.05, 4.69) is 11.8 Å². The number of rotatable bonds is 1. The first-order chi connectivity index (χ1) is 6.65. The molecule has 0 heterocycles. The molecule has 1 aromatic carbocycles. The molecule has 0 saturated heterocycles. The van der Waals surface area contributed by atoms with Gasteiger partial charge < -0.3 is 5.73 Å². The summed E-state index contributed by atoms with van der Waals surface area (Å²) in [7, 11) is 0. The van der Waals surface area contributed by atoms with E-state index in [0.717, 1.165) is 12.1 Å². The Labute approximate surface area is 85.9 Å². The number of benzene rings is 1. The van der Waals surface area contributed by atoms with Gasteiger partial charge in [-0.05, 0) is 12.1 Å². The smallest absolute Gasteiger partial charge is 0.146 e. The second kappa shape index (κ2) is 4.94. The highest BCUT2D eigenvalue weighted by atomic mass is 35.5.